The largest absolute Gasteiger partial charge is 0.472 e. The third-order valence-electron chi connectivity index (χ3n) is 6.97. The van der Waals surface area contributed by atoms with E-state index in [9.17, 15) is 14.4 Å². The fourth-order valence-electron chi connectivity index (χ4n) is 5.68. The van der Waals surface area contributed by atoms with Gasteiger partial charge < -0.3 is 19.1 Å². The van der Waals surface area contributed by atoms with Gasteiger partial charge in [-0.1, -0.05) is 0 Å². The van der Waals surface area contributed by atoms with E-state index in [-0.39, 0.29) is 35.6 Å². The molecule has 3 amide bonds. The fourth-order valence-corrected chi connectivity index (χ4v) is 6.58. The summed E-state index contributed by atoms with van der Waals surface area (Å²) in [5.41, 5.74) is 0.553. The molecule has 0 aliphatic carbocycles. The van der Waals surface area contributed by atoms with Crippen molar-refractivity contribution < 1.29 is 18.8 Å². The molecule has 1 aromatic heterocycles. The molecule has 29 heavy (non-hydrogen) atoms. The highest BCUT2D eigenvalue weighted by molar-refractivity contribution is 7.99. The number of likely N-dealkylation sites (tertiary alicyclic amines) is 1. The van der Waals surface area contributed by atoms with E-state index in [0.717, 1.165) is 43.9 Å². The van der Waals surface area contributed by atoms with Gasteiger partial charge in [-0.3, -0.25) is 14.4 Å². The maximum atomic E-state index is 13.6. The summed E-state index contributed by atoms with van der Waals surface area (Å²) >= 11 is 1.87. The minimum absolute atomic E-state index is 0.00461. The Morgan fingerprint density at radius 3 is 2.66 bits per heavy atom. The predicted molar refractivity (Wildman–Crippen MR) is 108 cm³/mol. The van der Waals surface area contributed by atoms with Gasteiger partial charge >= 0.3 is 0 Å². The van der Waals surface area contributed by atoms with Gasteiger partial charge in [0, 0.05) is 56.1 Å². The SMILES string of the molecule is O=C(c1ccoc1)N1C[C@H]2C[C@@H](C1)[C@H](C(=O)N1CCSCC1)N1C(=O)CCC[C@@H]21. The second-order valence-electron chi connectivity index (χ2n) is 8.62. The number of fused-ring (bicyclic) bond motifs is 4. The lowest BCUT2D eigenvalue weighted by Gasteiger charge is -2.56. The Balaban J connectivity index is 1.44. The van der Waals surface area contributed by atoms with Crippen LogP contribution in [-0.4, -0.2) is 82.2 Å². The van der Waals surface area contributed by atoms with Crippen molar-refractivity contribution in [3.63, 3.8) is 0 Å². The maximum Gasteiger partial charge on any atom is 0.257 e. The van der Waals surface area contributed by atoms with Crippen molar-refractivity contribution >= 4 is 29.5 Å². The molecule has 0 radical (unpaired) electrons. The van der Waals surface area contributed by atoms with Gasteiger partial charge in [-0.25, -0.2) is 0 Å². The first-order valence-electron chi connectivity index (χ1n) is 10.6. The van der Waals surface area contributed by atoms with Crippen LogP contribution in [0.25, 0.3) is 0 Å². The molecule has 0 spiro atoms. The number of nitrogens with zero attached hydrogens (tertiary/aromatic N) is 3. The van der Waals surface area contributed by atoms with E-state index in [4.69, 9.17) is 4.42 Å². The highest BCUT2D eigenvalue weighted by Gasteiger charge is 2.53. The second-order valence-corrected chi connectivity index (χ2v) is 9.85. The number of thioether (sulfide) groups is 1. The van der Waals surface area contributed by atoms with Crippen LogP contribution < -0.4 is 0 Å². The normalized spacial score (nSPS) is 32.1. The predicted octanol–water partition coefficient (Wildman–Crippen LogP) is 1.70. The van der Waals surface area contributed by atoms with Crippen LogP contribution in [0.3, 0.4) is 0 Å². The molecule has 5 rings (SSSR count). The number of piperidine rings is 3. The van der Waals surface area contributed by atoms with Gasteiger partial charge in [0.1, 0.15) is 12.3 Å². The summed E-state index contributed by atoms with van der Waals surface area (Å²) in [6, 6.07) is 1.34. The topological polar surface area (TPSA) is 74.1 Å². The van der Waals surface area contributed by atoms with Crippen LogP contribution in [0, 0.1) is 11.8 Å². The summed E-state index contributed by atoms with van der Waals surface area (Å²) in [7, 11) is 0. The zero-order valence-electron chi connectivity index (χ0n) is 16.5. The molecule has 4 fully saturated rings. The smallest absolute Gasteiger partial charge is 0.257 e. The van der Waals surface area contributed by atoms with Gasteiger partial charge in [0.25, 0.3) is 5.91 Å². The first-order valence-corrected chi connectivity index (χ1v) is 11.8. The molecule has 0 aromatic carbocycles. The molecule has 8 heteroatoms. The molecular formula is C21H27N3O4S. The molecule has 2 bridgehead atoms. The summed E-state index contributed by atoms with van der Waals surface area (Å²) in [5.74, 6) is 2.33. The van der Waals surface area contributed by atoms with E-state index in [1.165, 1.54) is 12.5 Å². The quantitative estimate of drug-likeness (QED) is 0.732. The van der Waals surface area contributed by atoms with Crippen LogP contribution in [0.5, 0.6) is 0 Å². The summed E-state index contributed by atoms with van der Waals surface area (Å²) < 4.78 is 5.10. The van der Waals surface area contributed by atoms with Crippen molar-refractivity contribution in [3.05, 3.63) is 24.2 Å². The molecule has 4 saturated heterocycles. The van der Waals surface area contributed by atoms with Gasteiger partial charge in [-0.05, 0) is 31.2 Å². The molecule has 4 aliphatic rings. The minimum atomic E-state index is -0.424. The fraction of sp³-hybridized carbons (Fsp3) is 0.667. The average Bonchev–Trinajstić information content (AvgIpc) is 3.29. The standard InChI is InChI=1S/C21H27N3O4S/c25-18-3-1-2-17-15-10-16(12-23(11-15)20(26)14-4-7-28-13-14)19(24(17)18)21(27)22-5-8-29-9-6-22/h4,7,13,15-17,19H,1-3,5-6,8-12H2/t15-,16+,17+,19-/m1/s1. The first kappa shape index (κ1) is 19.0. The Kier molecular flexibility index (Phi) is 5.05. The Labute approximate surface area is 174 Å². The number of rotatable bonds is 2. The van der Waals surface area contributed by atoms with Crippen LogP contribution in [0.1, 0.15) is 36.0 Å². The summed E-state index contributed by atoms with van der Waals surface area (Å²) in [6.07, 6.45) is 6.25. The van der Waals surface area contributed by atoms with E-state index < -0.39 is 6.04 Å². The highest BCUT2D eigenvalue weighted by atomic mass is 32.2. The zero-order chi connectivity index (χ0) is 20.0. The van der Waals surface area contributed by atoms with Gasteiger partial charge in [-0.15, -0.1) is 0 Å². The summed E-state index contributed by atoms with van der Waals surface area (Å²) in [6.45, 7) is 2.67. The molecule has 1 aromatic rings. The molecule has 5 heterocycles. The molecular weight excluding hydrogens is 390 g/mol. The molecule has 0 unspecified atom stereocenters. The Hall–Kier alpha value is -1.96. The van der Waals surface area contributed by atoms with Crippen LogP contribution in [-0.2, 0) is 9.59 Å². The van der Waals surface area contributed by atoms with Crippen molar-refractivity contribution in [2.24, 2.45) is 11.8 Å². The van der Waals surface area contributed by atoms with Crippen molar-refractivity contribution in [1.82, 2.24) is 14.7 Å². The van der Waals surface area contributed by atoms with Crippen molar-refractivity contribution in [3.8, 4) is 0 Å². The third kappa shape index (κ3) is 3.35. The van der Waals surface area contributed by atoms with Gasteiger partial charge in [-0.2, -0.15) is 11.8 Å². The van der Waals surface area contributed by atoms with Crippen molar-refractivity contribution in [1.29, 1.82) is 0 Å². The van der Waals surface area contributed by atoms with Gasteiger partial charge in [0.15, 0.2) is 0 Å². The lowest BCUT2D eigenvalue weighted by atomic mass is 9.71. The molecule has 4 atom stereocenters. The second kappa shape index (κ2) is 7.70. The molecule has 4 aliphatic heterocycles. The first-order chi connectivity index (χ1) is 14.1. The number of carbonyl (C=O) groups is 3. The zero-order valence-corrected chi connectivity index (χ0v) is 17.3. The summed E-state index contributed by atoms with van der Waals surface area (Å²) in [5, 5.41) is 0. The van der Waals surface area contributed by atoms with Gasteiger partial charge in [0.2, 0.25) is 11.8 Å². The van der Waals surface area contributed by atoms with E-state index in [2.05, 4.69) is 0 Å². The van der Waals surface area contributed by atoms with Crippen LogP contribution in [0.15, 0.2) is 23.0 Å². The third-order valence-corrected chi connectivity index (χ3v) is 7.92. The highest BCUT2D eigenvalue weighted by Crippen LogP contribution is 2.42. The monoisotopic (exact) mass is 417 g/mol. The maximum absolute atomic E-state index is 13.6. The Morgan fingerprint density at radius 2 is 1.90 bits per heavy atom. The summed E-state index contributed by atoms with van der Waals surface area (Å²) in [4.78, 5) is 45.2. The Bertz CT molecular complexity index is 792. The molecule has 0 saturated carbocycles. The number of hydrogen-bond acceptors (Lipinski definition) is 5. The van der Waals surface area contributed by atoms with Crippen LogP contribution >= 0.6 is 11.8 Å². The van der Waals surface area contributed by atoms with Crippen LogP contribution in [0.4, 0.5) is 0 Å². The van der Waals surface area contributed by atoms with E-state index >= 15 is 0 Å². The van der Waals surface area contributed by atoms with Crippen molar-refractivity contribution in [2.45, 2.75) is 37.8 Å². The lowest BCUT2D eigenvalue weighted by Crippen LogP contribution is -2.69. The molecule has 156 valence electrons. The Morgan fingerprint density at radius 1 is 1.10 bits per heavy atom. The molecule has 0 N–H and O–H groups in total. The number of amides is 3. The van der Waals surface area contributed by atoms with E-state index in [1.54, 1.807) is 6.07 Å². The average molecular weight is 418 g/mol. The minimum Gasteiger partial charge on any atom is -0.472 e. The number of hydrogen-bond donors (Lipinski definition) is 0. The van der Waals surface area contributed by atoms with Crippen LogP contribution in [0.2, 0.25) is 0 Å². The molecule has 7 nitrogen and oxygen atoms in total. The van der Waals surface area contributed by atoms with Crippen molar-refractivity contribution in [2.75, 3.05) is 37.7 Å². The van der Waals surface area contributed by atoms with E-state index in [0.29, 0.717) is 25.1 Å². The number of carbonyl (C=O) groups excluding carboxylic acids is 3. The van der Waals surface area contributed by atoms with Gasteiger partial charge in [0.05, 0.1) is 11.8 Å². The van der Waals surface area contributed by atoms with E-state index in [1.807, 2.05) is 26.5 Å². The lowest BCUT2D eigenvalue weighted by molar-refractivity contribution is -0.164. The number of furan rings is 1.